The molecule has 2 nitrogen and oxygen atoms in total. The number of nitrogens with two attached hydrogens (primary N) is 1. The van der Waals surface area contributed by atoms with E-state index in [0.29, 0.717) is 0 Å². The van der Waals surface area contributed by atoms with Crippen LogP contribution in [-0.4, -0.2) is 18.1 Å². The van der Waals surface area contributed by atoms with Crippen molar-refractivity contribution in [1.29, 1.82) is 0 Å². The van der Waals surface area contributed by atoms with Gasteiger partial charge < -0.3 is 11.1 Å². The Balaban J connectivity index is 2.30. The van der Waals surface area contributed by atoms with Crippen molar-refractivity contribution in [2.24, 2.45) is 17.1 Å². The molecule has 0 aliphatic heterocycles. The van der Waals surface area contributed by atoms with Crippen molar-refractivity contribution in [2.45, 2.75) is 59.0 Å². The second kappa shape index (κ2) is 3.82. The summed E-state index contributed by atoms with van der Waals surface area (Å²) in [5, 5.41) is 3.62. The number of hydrogen-bond donors (Lipinski definition) is 2. The summed E-state index contributed by atoms with van der Waals surface area (Å²) in [5.74, 6) is 0.918. The van der Waals surface area contributed by atoms with Gasteiger partial charge in [-0.25, -0.2) is 0 Å². The molecule has 1 saturated carbocycles. The zero-order valence-electron chi connectivity index (χ0n) is 10.4. The van der Waals surface area contributed by atoms with E-state index in [1.165, 1.54) is 12.8 Å². The lowest BCUT2D eigenvalue weighted by atomic mass is 9.74. The molecule has 0 bridgehead atoms. The zero-order valence-corrected chi connectivity index (χ0v) is 10.4. The monoisotopic (exact) mass is 198 g/mol. The quantitative estimate of drug-likeness (QED) is 0.726. The fourth-order valence-electron chi connectivity index (χ4n) is 1.70. The van der Waals surface area contributed by atoms with E-state index in [2.05, 4.69) is 39.9 Å². The summed E-state index contributed by atoms with van der Waals surface area (Å²) in [6.45, 7) is 12.0. The maximum absolute atomic E-state index is 6.15. The van der Waals surface area contributed by atoms with Crippen molar-refractivity contribution in [2.75, 3.05) is 6.54 Å². The van der Waals surface area contributed by atoms with Crippen molar-refractivity contribution in [3.63, 3.8) is 0 Å². The fourth-order valence-corrected chi connectivity index (χ4v) is 1.70. The van der Waals surface area contributed by atoms with Gasteiger partial charge >= 0.3 is 0 Å². The van der Waals surface area contributed by atoms with Gasteiger partial charge in [0.25, 0.3) is 0 Å². The van der Waals surface area contributed by atoms with Gasteiger partial charge in [-0.2, -0.15) is 0 Å². The summed E-state index contributed by atoms with van der Waals surface area (Å²) < 4.78 is 0. The molecule has 1 rings (SSSR count). The lowest BCUT2D eigenvalue weighted by molar-refractivity contribution is 0.158. The fraction of sp³-hybridized carbons (Fsp3) is 1.00. The van der Waals surface area contributed by atoms with Gasteiger partial charge in [0.05, 0.1) is 0 Å². The van der Waals surface area contributed by atoms with Gasteiger partial charge in [0, 0.05) is 18.1 Å². The predicted molar refractivity (Wildman–Crippen MR) is 62.2 cm³/mol. The molecule has 0 atom stereocenters. The molecule has 1 aliphatic rings. The molecule has 0 amide bonds. The van der Waals surface area contributed by atoms with Crippen LogP contribution < -0.4 is 11.1 Å². The molecule has 84 valence electrons. The van der Waals surface area contributed by atoms with E-state index in [1.807, 2.05) is 0 Å². The van der Waals surface area contributed by atoms with Crippen LogP contribution in [0, 0.1) is 11.3 Å². The van der Waals surface area contributed by atoms with Crippen LogP contribution in [0.25, 0.3) is 0 Å². The SMILES string of the molecule is CC1CC(NCC(C)(C)C(C)(C)N)C1. The van der Waals surface area contributed by atoms with E-state index in [1.54, 1.807) is 0 Å². The Labute approximate surface area is 88.6 Å². The topological polar surface area (TPSA) is 38.0 Å². The predicted octanol–water partition coefficient (Wildman–Crippen LogP) is 2.14. The molecule has 0 aromatic rings. The van der Waals surface area contributed by atoms with E-state index in [4.69, 9.17) is 5.73 Å². The van der Waals surface area contributed by atoms with Crippen LogP contribution in [-0.2, 0) is 0 Å². The molecule has 0 aromatic heterocycles. The summed E-state index contributed by atoms with van der Waals surface area (Å²) in [5.41, 5.74) is 6.19. The number of hydrogen-bond acceptors (Lipinski definition) is 2. The molecular formula is C12H26N2. The van der Waals surface area contributed by atoms with Crippen molar-refractivity contribution < 1.29 is 0 Å². The van der Waals surface area contributed by atoms with E-state index >= 15 is 0 Å². The van der Waals surface area contributed by atoms with Crippen molar-refractivity contribution in [1.82, 2.24) is 5.32 Å². The van der Waals surface area contributed by atoms with Crippen molar-refractivity contribution >= 4 is 0 Å². The van der Waals surface area contributed by atoms with Crippen LogP contribution in [0.5, 0.6) is 0 Å². The molecule has 0 heterocycles. The van der Waals surface area contributed by atoms with Gasteiger partial charge in [-0.3, -0.25) is 0 Å². The van der Waals surface area contributed by atoms with E-state index in [0.717, 1.165) is 18.5 Å². The summed E-state index contributed by atoms with van der Waals surface area (Å²) in [6, 6.07) is 0.742. The average Bonchev–Trinajstić information content (AvgIpc) is 1.93. The van der Waals surface area contributed by atoms with Crippen LogP contribution in [0.1, 0.15) is 47.5 Å². The first-order valence-electron chi connectivity index (χ1n) is 5.74. The van der Waals surface area contributed by atoms with Crippen LogP contribution in [0.2, 0.25) is 0 Å². The maximum atomic E-state index is 6.15. The van der Waals surface area contributed by atoms with Crippen molar-refractivity contribution in [3.8, 4) is 0 Å². The van der Waals surface area contributed by atoms with E-state index in [9.17, 15) is 0 Å². The van der Waals surface area contributed by atoms with Crippen LogP contribution in [0.15, 0.2) is 0 Å². The molecule has 1 aliphatic carbocycles. The third kappa shape index (κ3) is 2.71. The molecule has 14 heavy (non-hydrogen) atoms. The highest BCUT2D eigenvalue weighted by Gasteiger charge is 2.35. The lowest BCUT2D eigenvalue weighted by Gasteiger charge is -2.42. The highest BCUT2D eigenvalue weighted by Crippen LogP contribution is 2.30. The molecule has 3 N–H and O–H groups in total. The van der Waals surface area contributed by atoms with Gasteiger partial charge in [0.2, 0.25) is 0 Å². The van der Waals surface area contributed by atoms with E-state index < -0.39 is 0 Å². The molecule has 0 saturated heterocycles. The normalized spacial score (nSPS) is 28.7. The summed E-state index contributed by atoms with van der Waals surface area (Å²) in [6.07, 6.45) is 2.67. The Kier molecular flexibility index (Phi) is 3.27. The molecule has 0 aromatic carbocycles. The Hall–Kier alpha value is -0.0800. The highest BCUT2D eigenvalue weighted by molar-refractivity contribution is 4.93. The van der Waals surface area contributed by atoms with E-state index in [-0.39, 0.29) is 11.0 Å². The van der Waals surface area contributed by atoms with Gasteiger partial charge in [-0.05, 0) is 38.0 Å². The minimum Gasteiger partial charge on any atom is -0.325 e. The van der Waals surface area contributed by atoms with Gasteiger partial charge in [0.1, 0.15) is 0 Å². The Morgan fingerprint density at radius 2 is 1.71 bits per heavy atom. The summed E-state index contributed by atoms with van der Waals surface area (Å²) in [7, 11) is 0. The second-order valence-corrected chi connectivity index (χ2v) is 6.26. The third-order valence-electron chi connectivity index (χ3n) is 3.95. The molecule has 1 fully saturated rings. The molecular weight excluding hydrogens is 172 g/mol. The Morgan fingerprint density at radius 1 is 1.21 bits per heavy atom. The number of nitrogens with one attached hydrogen (secondary N) is 1. The first-order chi connectivity index (χ1) is 6.22. The largest absolute Gasteiger partial charge is 0.325 e. The first-order valence-corrected chi connectivity index (χ1v) is 5.74. The molecule has 2 heteroatoms. The first kappa shape index (κ1) is 12.0. The molecule has 0 spiro atoms. The molecule has 0 unspecified atom stereocenters. The Morgan fingerprint density at radius 3 is 2.07 bits per heavy atom. The average molecular weight is 198 g/mol. The van der Waals surface area contributed by atoms with Crippen LogP contribution in [0.3, 0.4) is 0 Å². The minimum atomic E-state index is -0.116. The van der Waals surface area contributed by atoms with Gasteiger partial charge in [-0.15, -0.1) is 0 Å². The second-order valence-electron chi connectivity index (χ2n) is 6.26. The van der Waals surface area contributed by atoms with Gasteiger partial charge in [0.15, 0.2) is 0 Å². The lowest BCUT2D eigenvalue weighted by Crippen LogP contribution is -2.54. The van der Waals surface area contributed by atoms with Gasteiger partial charge in [-0.1, -0.05) is 20.8 Å². The van der Waals surface area contributed by atoms with Crippen LogP contribution >= 0.6 is 0 Å². The minimum absolute atomic E-state index is 0.116. The smallest absolute Gasteiger partial charge is 0.0161 e. The zero-order chi connectivity index (χ0) is 11.0. The summed E-state index contributed by atoms with van der Waals surface area (Å²) >= 11 is 0. The van der Waals surface area contributed by atoms with Crippen molar-refractivity contribution in [3.05, 3.63) is 0 Å². The third-order valence-corrected chi connectivity index (χ3v) is 3.95. The number of rotatable bonds is 4. The molecule has 0 radical (unpaired) electrons. The maximum Gasteiger partial charge on any atom is 0.0161 e. The standard InChI is InChI=1S/C12H26N2/c1-9-6-10(7-9)14-8-11(2,3)12(4,5)13/h9-10,14H,6-8,13H2,1-5H3. The summed E-state index contributed by atoms with van der Waals surface area (Å²) in [4.78, 5) is 0. The van der Waals surface area contributed by atoms with Crippen LogP contribution in [0.4, 0.5) is 0 Å². The Bertz CT molecular complexity index is 185. The highest BCUT2D eigenvalue weighted by atomic mass is 15.0.